The van der Waals surface area contributed by atoms with Gasteiger partial charge in [-0.05, 0) is 30.9 Å². The molecule has 1 aromatic rings. The van der Waals surface area contributed by atoms with Crippen molar-refractivity contribution in [2.75, 3.05) is 25.0 Å². The summed E-state index contributed by atoms with van der Waals surface area (Å²) in [7, 11) is 0. The molecule has 0 unspecified atom stereocenters. The van der Waals surface area contributed by atoms with E-state index in [-0.39, 0.29) is 19.0 Å². The Labute approximate surface area is 123 Å². The predicted molar refractivity (Wildman–Crippen MR) is 76.6 cm³/mol. The van der Waals surface area contributed by atoms with Crippen LogP contribution in [0.25, 0.3) is 0 Å². The Bertz CT molecular complexity index is 576. The fourth-order valence-corrected chi connectivity index (χ4v) is 2.12. The molecule has 6 heteroatoms. The molecular weight excluding hydrogens is 270 g/mol. The molecule has 0 aromatic heterocycles. The van der Waals surface area contributed by atoms with Gasteiger partial charge in [0.2, 0.25) is 5.91 Å². The van der Waals surface area contributed by atoms with Crippen LogP contribution >= 0.6 is 0 Å². The standard InChI is InChI=1S/C15H17N3O3/c16-7-12-3-1-2-4-13(12)17-14(19)9-18(10-15(20)21)8-11-5-6-11/h1-4,11H,5-6,8-10H2,(H,17,19)(H,20,21). The molecular formula is C15H17N3O3. The van der Waals surface area contributed by atoms with Crippen molar-refractivity contribution in [2.24, 2.45) is 5.92 Å². The summed E-state index contributed by atoms with van der Waals surface area (Å²) in [5, 5.41) is 20.5. The van der Waals surface area contributed by atoms with Crippen molar-refractivity contribution in [2.45, 2.75) is 12.8 Å². The summed E-state index contributed by atoms with van der Waals surface area (Å²) in [4.78, 5) is 24.5. The number of nitriles is 1. The zero-order valence-corrected chi connectivity index (χ0v) is 11.6. The molecule has 0 atom stereocenters. The number of carboxylic acids is 1. The number of amides is 1. The Morgan fingerprint density at radius 1 is 1.33 bits per heavy atom. The monoisotopic (exact) mass is 287 g/mol. The maximum atomic E-state index is 12.0. The van der Waals surface area contributed by atoms with Gasteiger partial charge < -0.3 is 10.4 Å². The van der Waals surface area contributed by atoms with E-state index >= 15 is 0 Å². The molecule has 0 heterocycles. The summed E-state index contributed by atoms with van der Waals surface area (Å²) >= 11 is 0. The van der Waals surface area contributed by atoms with E-state index in [0.717, 1.165) is 12.8 Å². The first-order valence-electron chi connectivity index (χ1n) is 6.81. The van der Waals surface area contributed by atoms with Crippen molar-refractivity contribution < 1.29 is 14.7 Å². The van der Waals surface area contributed by atoms with Gasteiger partial charge >= 0.3 is 5.97 Å². The van der Waals surface area contributed by atoms with Crippen molar-refractivity contribution in [1.29, 1.82) is 5.26 Å². The molecule has 0 saturated heterocycles. The van der Waals surface area contributed by atoms with Crippen LogP contribution in [0, 0.1) is 17.2 Å². The van der Waals surface area contributed by atoms with Crippen LogP contribution in [0.1, 0.15) is 18.4 Å². The van der Waals surface area contributed by atoms with Crippen LogP contribution in [0.3, 0.4) is 0 Å². The van der Waals surface area contributed by atoms with Crippen LogP contribution in [0.5, 0.6) is 0 Å². The molecule has 6 nitrogen and oxygen atoms in total. The van der Waals surface area contributed by atoms with Gasteiger partial charge in [0.05, 0.1) is 24.3 Å². The molecule has 1 aliphatic rings. The number of hydrogen-bond acceptors (Lipinski definition) is 4. The number of nitrogens with zero attached hydrogens (tertiary/aromatic N) is 2. The third kappa shape index (κ3) is 4.89. The highest BCUT2D eigenvalue weighted by molar-refractivity contribution is 5.93. The Morgan fingerprint density at radius 2 is 2.05 bits per heavy atom. The largest absolute Gasteiger partial charge is 0.480 e. The van der Waals surface area contributed by atoms with Crippen LogP contribution in [0.15, 0.2) is 24.3 Å². The SMILES string of the molecule is N#Cc1ccccc1NC(=O)CN(CC(=O)O)CC1CC1. The lowest BCUT2D eigenvalue weighted by Gasteiger charge is -2.19. The molecule has 0 bridgehead atoms. The molecule has 1 aromatic carbocycles. The van der Waals surface area contributed by atoms with E-state index in [9.17, 15) is 9.59 Å². The second-order valence-corrected chi connectivity index (χ2v) is 5.21. The van der Waals surface area contributed by atoms with E-state index in [0.29, 0.717) is 23.7 Å². The van der Waals surface area contributed by atoms with Crippen molar-refractivity contribution in [1.82, 2.24) is 4.90 Å². The van der Waals surface area contributed by atoms with Crippen LogP contribution in [-0.2, 0) is 9.59 Å². The lowest BCUT2D eigenvalue weighted by Crippen LogP contribution is -2.38. The van der Waals surface area contributed by atoms with Gasteiger partial charge in [-0.25, -0.2) is 0 Å². The Hall–Kier alpha value is -2.39. The number of rotatable bonds is 7. The number of carbonyl (C=O) groups is 2. The van der Waals surface area contributed by atoms with E-state index in [1.165, 1.54) is 0 Å². The average molecular weight is 287 g/mol. The summed E-state index contributed by atoms with van der Waals surface area (Å²) in [5.74, 6) is -0.746. The number of anilines is 1. The molecule has 1 aliphatic carbocycles. The van der Waals surface area contributed by atoms with Crippen molar-refractivity contribution in [3.8, 4) is 6.07 Å². The second-order valence-electron chi connectivity index (χ2n) is 5.21. The fraction of sp³-hybridized carbons (Fsp3) is 0.400. The topological polar surface area (TPSA) is 93.4 Å². The van der Waals surface area contributed by atoms with E-state index in [1.807, 2.05) is 6.07 Å². The van der Waals surface area contributed by atoms with Gasteiger partial charge in [0.1, 0.15) is 6.07 Å². The highest BCUT2D eigenvalue weighted by Gasteiger charge is 2.26. The summed E-state index contributed by atoms with van der Waals surface area (Å²) in [6.07, 6.45) is 2.18. The minimum absolute atomic E-state index is 0.0164. The molecule has 0 radical (unpaired) electrons. The summed E-state index contributed by atoms with van der Waals surface area (Å²) in [6.45, 7) is 0.492. The fourth-order valence-electron chi connectivity index (χ4n) is 2.12. The molecule has 1 fully saturated rings. The van der Waals surface area contributed by atoms with Gasteiger partial charge in [-0.15, -0.1) is 0 Å². The van der Waals surface area contributed by atoms with Gasteiger partial charge in [0.15, 0.2) is 0 Å². The van der Waals surface area contributed by atoms with Crippen molar-refractivity contribution >= 4 is 17.6 Å². The molecule has 2 N–H and O–H groups in total. The smallest absolute Gasteiger partial charge is 0.317 e. The van der Waals surface area contributed by atoms with Gasteiger partial charge in [0, 0.05) is 6.54 Å². The molecule has 110 valence electrons. The van der Waals surface area contributed by atoms with Crippen LogP contribution in [0.4, 0.5) is 5.69 Å². The number of hydrogen-bond donors (Lipinski definition) is 2. The third-order valence-electron chi connectivity index (χ3n) is 3.26. The number of carboxylic acid groups (broad SMARTS) is 1. The van der Waals surface area contributed by atoms with Crippen LogP contribution in [0.2, 0.25) is 0 Å². The summed E-state index contributed by atoms with van der Waals surface area (Å²) < 4.78 is 0. The third-order valence-corrected chi connectivity index (χ3v) is 3.26. The summed E-state index contributed by atoms with van der Waals surface area (Å²) in [6, 6.07) is 8.73. The number of para-hydroxylation sites is 1. The number of carbonyl (C=O) groups excluding carboxylic acids is 1. The first kappa shape index (κ1) is 15.0. The average Bonchev–Trinajstić information content (AvgIpc) is 3.22. The number of benzene rings is 1. The molecule has 21 heavy (non-hydrogen) atoms. The zero-order valence-electron chi connectivity index (χ0n) is 11.6. The van der Waals surface area contributed by atoms with Gasteiger partial charge in [-0.1, -0.05) is 12.1 Å². The molecule has 0 aliphatic heterocycles. The molecule has 1 saturated carbocycles. The van der Waals surface area contributed by atoms with Gasteiger partial charge in [0.25, 0.3) is 0 Å². The number of nitrogens with one attached hydrogen (secondary N) is 1. The quantitative estimate of drug-likeness (QED) is 0.788. The lowest BCUT2D eigenvalue weighted by atomic mass is 10.2. The normalized spacial score (nSPS) is 13.7. The zero-order chi connectivity index (χ0) is 15.2. The van der Waals surface area contributed by atoms with E-state index < -0.39 is 5.97 Å². The van der Waals surface area contributed by atoms with Gasteiger partial charge in [-0.3, -0.25) is 14.5 Å². The van der Waals surface area contributed by atoms with Crippen LogP contribution < -0.4 is 5.32 Å². The van der Waals surface area contributed by atoms with E-state index in [4.69, 9.17) is 10.4 Å². The summed E-state index contributed by atoms with van der Waals surface area (Å²) in [5.41, 5.74) is 0.838. The minimum atomic E-state index is -0.944. The lowest BCUT2D eigenvalue weighted by molar-refractivity contribution is -0.138. The van der Waals surface area contributed by atoms with Gasteiger partial charge in [-0.2, -0.15) is 5.26 Å². The molecule has 1 amide bonds. The highest BCUT2D eigenvalue weighted by atomic mass is 16.4. The van der Waals surface area contributed by atoms with E-state index in [2.05, 4.69) is 5.32 Å². The minimum Gasteiger partial charge on any atom is -0.480 e. The maximum Gasteiger partial charge on any atom is 0.317 e. The van der Waals surface area contributed by atoms with Crippen molar-refractivity contribution in [3.63, 3.8) is 0 Å². The molecule has 0 spiro atoms. The Balaban J connectivity index is 1.94. The number of aliphatic carboxylic acids is 1. The maximum absolute atomic E-state index is 12.0. The predicted octanol–water partition coefficient (Wildman–Crippen LogP) is 1.29. The first-order chi connectivity index (χ1) is 10.1. The first-order valence-corrected chi connectivity index (χ1v) is 6.81. The Kier molecular flexibility index (Phi) is 4.90. The second kappa shape index (κ2) is 6.86. The highest BCUT2D eigenvalue weighted by Crippen LogP contribution is 2.29. The Morgan fingerprint density at radius 3 is 2.67 bits per heavy atom. The molecule has 2 rings (SSSR count). The van der Waals surface area contributed by atoms with E-state index in [1.54, 1.807) is 29.2 Å². The van der Waals surface area contributed by atoms with Crippen LogP contribution in [-0.4, -0.2) is 41.5 Å². The van der Waals surface area contributed by atoms with Crippen molar-refractivity contribution in [3.05, 3.63) is 29.8 Å².